The topological polar surface area (TPSA) is 44.0 Å². The van der Waals surface area contributed by atoms with E-state index in [-0.39, 0.29) is 12.4 Å². The second-order valence-corrected chi connectivity index (χ2v) is 5.25. The largest absolute Gasteiger partial charge is 0.311 e. The number of rotatable bonds is 5. The van der Waals surface area contributed by atoms with Gasteiger partial charge in [0.05, 0.1) is 6.20 Å². The van der Waals surface area contributed by atoms with Gasteiger partial charge in [-0.3, -0.25) is 5.10 Å². The van der Waals surface area contributed by atoms with Crippen LogP contribution in [0.3, 0.4) is 0 Å². The fraction of sp³-hybridized carbons (Fsp3) is 0.769. The zero-order chi connectivity index (χ0) is 12.1. The Balaban J connectivity index is 0.00000162. The number of hydrogen-bond donors (Lipinski definition) is 2. The number of likely N-dealkylation sites (tertiary alicyclic amines) is 1. The molecule has 4 nitrogen and oxygen atoms in total. The fourth-order valence-electron chi connectivity index (χ4n) is 2.50. The number of nitrogens with one attached hydrogen (secondary N) is 2. The van der Waals surface area contributed by atoms with Crippen LogP contribution in [0.4, 0.5) is 0 Å². The summed E-state index contributed by atoms with van der Waals surface area (Å²) in [6, 6.07) is 0. The van der Waals surface area contributed by atoms with Crippen molar-refractivity contribution in [3.8, 4) is 0 Å². The van der Waals surface area contributed by atoms with E-state index in [2.05, 4.69) is 34.3 Å². The lowest BCUT2D eigenvalue weighted by Crippen LogP contribution is -2.38. The minimum Gasteiger partial charge on any atom is -0.311 e. The first-order valence-electron chi connectivity index (χ1n) is 6.67. The third-order valence-corrected chi connectivity index (χ3v) is 3.60. The highest BCUT2D eigenvalue weighted by Gasteiger charge is 2.15. The van der Waals surface area contributed by atoms with Crippen molar-refractivity contribution in [2.75, 3.05) is 26.2 Å². The van der Waals surface area contributed by atoms with Gasteiger partial charge in [-0.1, -0.05) is 6.92 Å². The average Bonchev–Trinajstić information content (AvgIpc) is 2.71. The van der Waals surface area contributed by atoms with E-state index in [1.54, 1.807) is 0 Å². The molecule has 1 aromatic rings. The van der Waals surface area contributed by atoms with Gasteiger partial charge in [0.2, 0.25) is 0 Å². The lowest BCUT2D eigenvalue weighted by atomic mass is 10.0. The lowest BCUT2D eigenvalue weighted by Gasteiger charge is -2.30. The molecule has 18 heavy (non-hydrogen) atoms. The van der Waals surface area contributed by atoms with Crippen LogP contribution in [-0.4, -0.2) is 41.3 Å². The fourth-order valence-corrected chi connectivity index (χ4v) is 2.50. The van der Waals surface area contributed by atoms with Crippen LogP contribution in [0.25, 0.3) is 0 Å². The van der Waals surface area contributed by atoms with Crippen LogP contribution < -0.4 is 5.32 Å². The Labute approximate surface area is 116 Å². The van der Waals surface area contributed by atoms with E-state index in [1.807, 2.05) is 6.20 Å². The summed E-state index contributed by atoms with van der Waals surface area (Å²) in [5, 5.41) is 10.5. The molecular formula is C13H25ClN4. The predicted octanol–water partition coefficient (Wildman–Crippen LogP) is 1.96. The van der Waals surface area contributed by atoms with Gasteiger partial charge < -0.3 is 10.2 Å². The number of aromatic nitrogens is 2. The van der Waals surface area contributed by atoms with Gasteiger partial charge in [0.25, 0.3) is 0 Å². The molecule has 1 fully saturated rings. The monoisotopic (exact) mass is 272 g/mol. The van der Waals surface area contributed by atoms with E-state index in [0.29, 0.717) is 0 Å². The summed E-state index contributed by atoms with van der Waals surface area (Å²) in [4.78, 5) is 2.57. The van der Waals surface area contributed by atoms with Gasteiger partial charge in [-0.05, 0) is 32.2 Å². The Morgan fingerprint density at radius 1 is 1.56 bits per heavy atom. The van der Waals surface area contributed by atoms with Crippen LogP contribution in [-0.2, 0) is 6.54 Å². The summed E-state index contributed by atoms with van der Waals surface area (Å²) in [6.07, 6.45) is 4.67. The summed E-state index contributed by atoms with van der Waals surface area (Å²) < 4.78 is 0. The van der Waals surface area contributed by atoms with Crippen LogP contribution >= 0.6 is 12.4 Å². The SMILES string of the molecule is Cc1[nH]ncc1CNCCN1CCCC(C)C1.Cl. The maximum atomic E-state index is 4.02. The Morgan fingerprint density at radius 2 is 2.39 bits per heavy atom. The number of halogens is 1. The van der Waals surface area contributed by atoms with Crippen molar-refractivity contribution < 1.29 is 0 Å². The molecule has 104 valence electrons. The second-order valence-electron chi connectivity index (χ2n) is 5.25. The first-order valence-corrected chi connectivity index (χ1v) is 6.67. The predicted molar refractivity (Wildman–Crippen MR) is 77.1 cm³/mol. The highest BCUT2D eigenvalue weighted by Crippen LogP contribution is 2.14. The van der Waals surface area contributed by atoms with Gasteiger partial charge >= 0.3 is 0 Å². The van der Waals surface area contributed by atoms with Crippen molar-refractivity contribution in [2.45, 2.75) is 33.2 Å². The molecule has 0 saturated carbocycles. The smallest absolute Gasteiger partial charge is 0.0535 e. The molecule has 0 radical (unpaired) electrons. The zero-order valence-electron chi connectivity index (χ0n) is 11.4. The van der Waals surface area contributed by atoms with E-state index < -0.39 is 0 Å². The molecule has 1 saturated heterocycles. The standard InChI is InChI=1S/C13H24N4.ClH/c1-11-4-3-6-17(10-11)7-5-14-8-13-9-15-16-12(13)2;/h9,11,14H,3-8,10H2,1-2H3,(H,15,16);1H. The molecular weight excluding hydrogens is 248 g/mol. The highest BCUT2D eigenvalue weighted by atomic mass is 35.5. The number of nitrogens with zero attached hydrogens (tertiary/aromatic N) is 2. The van der Waals surface area contributed by atoms with Crippen molar-refractivity contribution >= 4 is 12.4 Å². The number of piperidine rings is 1. The number of H-pyrrole nitrogens is 1. The molecule has 1 aromatic heterocycles. The van der Waals surface area contributed by atoms with E-state index in [1.165, 1.54) is 43.7 Å². The van der Waals surface area contributed by atoms with Crippen molar-refractivity contribution in [3.63, 3.8) is 0 Å². The van der Waals surface area contributed by atoms with Crippen LogP contribution in [0.1, 0.15) is 31.0 Å². The Morgan fingerprint density at radius 3 is 3.06 bits per heavy atom. The minimum absolute atomic E-state index is 0. The van der Waals surface area contributed by atoms with Crippen LogP contribution in [0, 0.1) is 12.8 Å². The number of aryl methyl sites for hydroxylation is 1. The van der Waals surface area contributed by atoms with E-state index in [4.69, 9.17) is 0 Å². The normalized spacial score (nSPS) is 20.7. The maximum absolute atomic E-state index is 4.02. The number of hydrogen-bond acceptors (Lipinski definition) is 3. The summed E-state index contributed by atoms with van der Waals surface area (Å²) in [5.41, 5.74) is 2.45. The summed E-state index contributed by atoms with van der Waals surface area (Å²) in [7, 11) is 0. The molecule has 1 unspecified atom stereocenters. The molecule has 1 aliphatic rings. The molecule has 0 bridgehead atoms. The first kappa shape index (κ1) is 15.5. The maximum Gasteiger partial charge on any atom is 0.0535 e. The van der Waals surface area contributed by atoms with Crippen LogP contribution in [0.2, 0.25) is 0 Å². The molecule has 0 amide bonds. The molecule has 2 rings (SSSR count). The third kappa shape index (κ3) is 4.59. The van der Waals surface area contributed by atoms with Crippen molar-refractivity contribution in [3.05, 3.63) is 17.5 Å². The van der Waals surface area contributed by atoms with Gasteiger partial charge in [-0.25, -0.2) is 0 Å². The lowest BCUT2D eigenvalue weighted by molar-refractivity contribution is 0.184. The van der Waals surface area contributed by atoms with Gasteiger partial charge in [0.15, 0.2) is 0 Å². The van der Waals surface area contributed by atoms with Gasteiger partial charge in [-0.15, -0.1) is 12.4 Å². The quantitative estimate of drug-likeness (QED) is 0.806. The van der Waals surface area contributed by atoms with Crippen molar-refractivity contribution in [1.29, 1.82) is 0 Å². The Bertz CT molecular complexity index is 339. The van der Waals surface area contributed by atoms with E-state index in [0.717, 1.165) is 19.0 Å². The molecule has 2 heterocycles. The summed E-state index contributed by atoms with van der Waals surface area (Å²) in [6.45, 7) is 10.1. The molecule has 0 aromatic carbocycles. The average molecular weight is 273 g/mol. The highest BCUT2D eigenvalue weighted by molar-refractivity contribution is 5.85. The Kier molecular flexibility index (Phi) is 6.68. The summed E-state index contributed by atoms with van der Waals surface area (Å²) >= 11 is 0. The molecule has 1 aliphatic heterocycles. The van der Waals surface area contributed by atoms with E-state index in [9.17, 15) is 0 Å². The molecule has 2 N–H and O–H groups in total. The zero-order valence-corrected chi connectivity index (χ0v) is 12.2. The van der Waals surface area contributed by atoms with Crippen molar-refractivity contribution in [2.24, 2.45) is 5.92 Å². The molecule has 0 spiro atoms. The van der Waals surface area contributed by atoms with Crippen molar-refractivity contribution in [1.82, 2.24) is 20.4 Å². The molecule has 5 heteroatoms. The molecule has 0 aliphatic carbocycles. The van der Waals surface area contributed by atoms with Crippen LogP contribution in [0.5, 0.6) is 0 Å². The third-order valence-electron chi connectivity index (χ3n) is 3.60. The van der Waals surface area contributed by atoms with Gasteiger partial charge in [0.1, 0.15) is 0 Å². The van der Waals surface area contributed by atoms with Gasteiger partial charge in [0, 0.05) is 37.4 Å². The summed E-state index contributed by atoms with van der Waals surface area (Å²) in [5.74, 6) is 0.875. The minimum atomic E-state index is 0. The first-order chi connectivity index (χ1) is 8.25. The second kappa shape index (κ2) is 7.77. The Hall–Kier alpha value is -0.580. The van der Waals surface area contributed by atoms with Gasteiger partial charge in [-0.2, -0.15) is 5.10 Å². The van der Waals surface area contributed by atoms with Crippen LogP contribution in [0.15, 0.2) is 6.20 Å². The van der Waals surface area contributed by atoms with E-state index >= 15 is 0 Å². The number of aromatic amines is 1. The molecule has 1 atom stereocenters.